The minimum absolute atomic E-state index is 0. The maximum atomic E-state index is 13.5. The number of amides is 1. The first-order valence-electron chi connectivity index (χ1n) is 15.6. The Labute approximate surface area is 290 Å². The molecule has 14 heteroatoms. The number of carbonyl (C=O) groups excluding carboxylic acids is 1. The van der Waals surface area contributed by atoms with E-state index < -0.39 is 10.5 Å². The molecule has 2 aromatic heterocycles. The zero-order valence-electron chi connectivity index (χ0n) is 26.3. The van der Waals surface area contributed by atoms with Crippen LogP contribution in [0.25, 0.3) is 33.3 Å². The number of carbonyl (C=O) groups is 1. The van der Waals surface area contributed by atoms with Crippen LogP contribution in [0.3, 0.4) is 0 Å². The Morgan fingerprint density at radius 2 is 1.66 bits per heavy atom. The minimum Gasteiger partial charge on any atom is -1.00 e. The highest BCUT2D eigenvalue weighted by atomic mass is 35.5. The van der Waals surface area contributed by atoms with E-state index >= 15 is 0 Å². The number of para-hydroxylation sites is 1. The second kappa shape index (κ2) is 13.4. The summed E-state index contributed by atoms with van der Waals surface area (Å²) in [5.41, 5.74) is 5.74. The predicted octanol–water partition coefficient (Wildman–Crippen LogP) is 3.48. The first-order valence-corrected chi connectivity index (χ1v) is 15.6. The smallest absolute Gasteiger partial charge is 0.360 e. The van der Waals surface area contributed by atoms with Crippen molar-refractivity contribution in [1.82, 2.24) is 4.90 Å². The van der Waals surface area contributed by atoms with Gasteiger partial charge in [0.15, 0.2) is 12.5 Å². The lowest BCUT2D eigenvalue weighted by Gasteiger charge is -2.36. The lowest BCUT2D eigenvalue weighted by atomic mass is 10.1. The van der Waals surface area contributed by atoms with Gasteiger partial charge in [-0.15, -0.1) is 0 Å². The number of nitrogens with one attached hydrogen (secondary N) is 1. The van der Waals surface area contributed by atoms with Crippen molar-refractivity contribution in [2.45, 2.75) is 0 Å². The monoisotopic (exact) mass is 693 g/mol. The molecule has 4 aromatic carbocycles. The van der Waals surface area contributed by atoms with Crippen LogP contribution in [0.15, 0.2) is 117 Å². The molecular weight excluding hydrogens is 666 g/mol. The number of hydrogen-bond acceptors (Lipinski definition) is 10. The molecule has 252 valence electrons. The zero-order valence-corrected chi connectivity index (χ0v) is 27.0. The van der Waals surface area contributed by atoms with Crippen molar-refractivity contribution < 1.29 is 40.6 Å². The molecule has 0 bridgehead atoms. The van der Waals surface area contributed by atoms with E-state index in [1.807, 2.05) is 60.7 Å². The molecule has 8 rings (SSSR count). The van der Waals surface area contributed by atoms with Gasteiger partial charge in [-0.2, -0.15) is 5.06 Å². The van der Waals surface area contributed by atoms with Gasteiger partial charge in [-0.25, -0.2) is 9.21 Å². The van der Waals surface area contributed by atoms with Gasteiger partial charge in [-0.3, -0.25) is 25.2 Å². The lowest BCUT2D eigenvalue weighted by molar-refractivity contribution is -0.384. The van der Waals surface area contributed by atoms with Gasteiger partial charge >= 0.3 is 17.0 Å². The first-order chi connectivity index (χ1) is 23.9. The Kier molecular flexibility index (Phi) is 8.66. The molecule has 0 unspecified atom stereocenters. The van der Waals surface area contributed by atoms with Gasteiger partial charge in [-0.1, -0.05) is 12.1 Å². The van der Waals surface area contributed by atoms with Crippen LogP contribution < -0.4 is 38.3 Å². The Hall–Kier alpha value is -6.18. The maximum Gasteiger partial charge on any atom is 0.360 e. The number of benzene rings is 4. The van der Waals surface area contributed by atoms with Gasteiger partial charge in [0.25, 0.3) is 11.6 Å². The SMILES string of the molecule is O=C(c1cc2ccc(ON3CONc4cc([N+](=O)[O-])ccc43)cc2oc1=O)N1CCN(c2ccc(-c3ccc4ccccc4[o+]3)cc2)CC1.[Cl-]. The highest BCUT2D eigenvalue weighted by Crippen LogP contribution is 2.34. The highest BCUT2D eigenvalue weighted by molar-refractivity contribution is 5.97. The van der Waals surface area contributed by atoms with Crippen LogP contribution in [-0.4, -0.2) is 48.6 Å². The molecule has 0 saturated carbocycles. The van der Waals surface area contributed by atoms with E-state index in [2.05, 4.69) is 10.4 Å². The molecule has 0 aliphatic carbocycles. The van der Waals surface area contributed by atoms with Gasteiger partial charge in [0.1, 0.15) is 16.8 Å². The van der Waals surface area contributed by atoms with Gasteiger partial charge in [-0.05, 0) is 60.7 Å². The standard InChI is InChI=1S/C36H28N5O8.ClH/c42-35(39-17-15-38(16-18-39)26-9-5-24(6-10-26)33-14-8-23-3-1-2-4-32(23)47-33)29-19-25-7-12-28(21-34(25)48-36(29)43)49-40-22-46-37-30-20-27(41(44)45)11-13-31(30)40;/h1-14,19-21,37H,15-18,22H2;1H/q+1;/p-1. The molecule has 50 heavy (non-hydrogen) atoms. The number of hydroxylamine groups is 1. The second-order valence-electron chi connectivity index (χ2n) is 11.6. The summed E-state index contributed by atoms with van der Waals surface area (Å²) < 4.78 is 11.7. The Balaban J connectivity index is 0.00000392. The summed E-state index contributed by atoms with van der Waals surface area (Å²) in [5, 5.41) is 14.1. The normalized spacial score (nSPS) is 14.1. The van der Waals surface area contributed by atoms with E-state index in [1.165, 1.54) is 23.3 Å². The summed E-state index contributed by atoms with van der Waals surface area (Å²) in [7, 11) is 0. The zero-order chi connectivity index (χ0) is 33.5. The Bertz CT molecular complexity index is 2310. The molecule has 6 aromatic rings. The van der Waals surface area contributed by atoms with Gasteiger partial charge in [0.05, 0.1) is 21.6 Å². The summed E-state index contributed by atoms with van der Waals surface area (Å²) in [4.78, 5) is 52.2. The van der Waals surface area contributed by atoms with E-state index in [1.54, 1.807) is 29.2 Å². The van der Waals surface area contributed by atoms with Crippen molar-refractivity contribution in [1.29, 1.82) is 0 Å². The molecule has 13 nitrogen and oxygen atoms in total. The van der Waals surface area contributed by atoms with Crippen LogP contribution in [0.5, 0.6) is 5.75 Å². The number of anilines is 3. The third kappa shape index (κ3) is 6.22. The molecule has 4 heterocycles. The topological polar surface area (TPSA) is 142 Å². The summed E-state index contributed by atoms with van der Waals surface area (Å²) in [5.74, 6) is 0.738. The van der Waals surface area contributed by atoms with E-state index in [4.69, 9.17) is 18.5 Å². The number of piperazine rings is 1. The van der Waals surface area contributed by atoms with Crippen LogP contribution >= 0.6 is 0 Å². The fourth-order valence-electron chi connectivity index (χ4n) is 6.03. The molecule has 2 aliphatic heterocycles. The van der Waals surface area contributed by atoms with E-state index in [0.717, 1.165) is 28.0 Å². The summed E-state index contributed by atoms with van der Waals surface area (Å²) in [6.45, 7) is 2.10. The molecule has 0 atom stereocenters. The number of rotatable bonds is 6. The summed E-state index contributed by atoms with van der Waals surface area (Å²) in [6, 6.07) is 30.8. The predicted molar refractivity (Wildman–Crippen MR) is 182 cm³/mol. The number of non-ortho nitro benzene ring substituents is 1. The molecule has 1 amide bonds. The van der Waals surface area contributed by atoms with Crippen molar-refractivity contribution in [3.8, 4) is 17.1 Å². The first kappa shape index (κ1) is 32.4. The van der Waals surface area contributed by atoms with Crippen LogP contribution in [0.4, 0.5) is 22.7 Å². The molecule has 1 N–H and O–H groups in total. The fourth-order valence-corrected chi connectivity index (χ4v) is 6.03. The Morgan fingerprint density at radius 3 is 2.46 bits per heavy atom. The van der Waals surface area contributed by atoms with E-state index in [9.17, 15) is 19.7 Å². The summed E-state index contributed by atoms with van der Waals surface area (Å²) in [6.07, 6.45) is 0. The van der Waals surface area contributed by atoms with Crippen LogP contribution in [0.1, 0.15) is 10.4 Å². The largest absolute Gasteiger partial charge is 1.00 e. The molecule has 1 saturated heterocycles. The number of nitrogens with zero attached hydrogens (tertiary/aromatic N) is 4. The summed E-state index contributed by atoms with van der Waals surface area (Å²) >= 11 is 0. The van der Waals surface area contributed by atoms with Crippen molar-refractivity contribution in [3.05, 3.63) is 129 Å². The van der Waals surface area contributed by atoms with Crippen molar-refractivity contribution >= 4 is 50.6 Å². The minimum atomic E-state index is -0.741. The lowest BCUT2D eigenvalue weighted by Crippen LogP contribution is -3.00. The van der Waals surface area contributed by atoms with Gasteiger partial charge < -0.3 is 31.5 Å². The van der Waals surface area contributed by atoms with E-state index in [0.29, 0.717) is 48.7 Å². The number of fused-ring (bicyclic) bond motifs is 3. The second-order valence-corrected chi connectivity index (χ2v) is 11.6. The number of hydrogen-bond donors (Lipinski definition) is 1. The van der Waals surface area contributed by atoms with Crippen molar-refractivity contribution in [2.75, 3.05) is 48.4 Å². The third-order valence-corrected chi connectivity index (χ3v) is 8.61. The van der Waals surface area contributed by atoms with Crippen molar-refractivity contribution in [2.24, 2.45) is 0 Å². The number of halogens is 1. The third-order valence-electron chi connectivity index (χ3n) is 8.61. The molecule has 2 aliphatic rings. The van der Waals surface area contributed by atoms with E-state index in [-0.39, 0.29) is 41.9 Å². The van der Waals surface area contributed by atoms with Crippen LogP contribution in [0, 0.1) is 10.1 Å². The molecular formula is C36H28ClN5O8. The van der Waals surface area contributed by atoms with Crippen molar-refractivity contribution in [3.63, 3.8) is 0 Å². The quantitative estimate of drug-likeness (QED) is 0.119. The highest BCUT2D eigenvalue weighted by Gasteiger charge is 2.26. The molecule has 0 spiro atoms. The van der Waals surface area contributed by atoms with Gasteiger partial charge in [0, 0.05) is 67.6 Å². The number of nitro groups is 1. The van der Waals surface area contributed by atoms with Crippen LogP contribution in [0.2, 0.25) is 0 Å². The average molecular weight is 694 g/mol. The van der Waals surface area contributed by atoms with Crippen LogP contribution in [-0.2, 0) is 4.84 Å². The fraction of sp³-hybridized carbons (Fsp3) is 0.139. The Morgan fingerprint density at radius 1 is 0.880 bits per heavy atom. The maximum absolute atomic E-state index is 13.5. The number of nitro benzene ring substituents is 1. The van der Waals surface area contributed by atoms with Gasteiger partial charge in [0.2, 0.25) is 0 Å². The molecule has 1 fully saturated rings. The molecule has 0 radical (unpaired) electrons. The average Bonchev–Trinajstić information content (AvgIpc) is 3.14.